The zero-order valence-corrected chi connectivity index (χ0v) is 37.0. The number of anilines is 6. The molecule has 12 rings (SSSR count). The molecule has 0 bridgehead atoms. The lowest BCUT2D eigenvalue weighted by molar-refractivity contribution is 0.660. The second-order valence-electron chi connectivity index (χ2n) is 18.2. The van der Waals surface area contributed by atoms with Crippen LogP contribution >= 0.6 is 0 Å². The molecule has 0 unspecified atom stereocenters. The Labute approximate surface area is 382 Å². The summed E-state index contributed by atoms with van der Waals surface area (Å²) in [4.78, 5) is 4.82. The Balaban J connectivity index is 0.845. The molecule has 0 fully saturated rings. The van der Waals surface area contributed by atoms with Gasteiger partial charge in [0.15, 0.2) is 0 Å². The average Bonchev–Trinajstić information content (AvgIpc) is 3.57. The largest absolute Gasteiger partial charge is 0.310 e. The highest BCUT2D eigenvalue weighted by molar-refractivity contribution is 6.04. The van der Waals surface area contributed by atoms with Crippen molar-refractivity contribution in [1.82, 2.24) is 0 Å². The zero-order valence-electron chi connectivity index (χ0n) is 37.0. The third-order valence-corrected chi connectivity index (χ3v) is 14.0. The number of aryl methyl sites for hydroxylation is 1. The summed E-state index contributed by atoms with van der Waals surface area (Å²) in [6.07, 6.45) is 5.53. The third kappa shape index (κ3) is 6.56. The molecule has 65 heavy (non-hydrogen) atoms. The fourth-order valence-electron chi connectivity index (χ4n) is 10.6. The molecule has 2 nitrogen and oxygen atoms in total. The van der Waals surface area contributed by atoms with Crippen LogP contribution in [0.1, 0.15) is 52.8 Å². The van der Waals surface area contributed by atoms with Crippen LogP contribution in [-0.4, -0.2) is 0 Å². The van der Waals surface area contributed by atoms with Gasteiger partial charge in [-0.2, -0.15) is 0 Å². The molecule has 0 N–H and O–H groups in total. The molecule has 1 heterocycles. The Morgan fingerprint density at radius 3 is 1.89 bits per heavy atom. The number of nitrogens with zero attached hydrogens (tertiary/aromatic N) is 2. The normalized spacial score (nSPS) is 13.4. The third-order valence-electron chi connectivity index (χ3n) is 14.0. The first-order chi connectivity index (χ1) is 31.9. The Bertz CT molecular complexity index is 3470. The maximum Gasteiger partial charge on any atom is 0.0497 e. The predicted molar refractivity (Wildman–Crippen MR) is 277 cm³/mol. The first-order valence-electron chi connectivity index (χ1n) is 22.8. The Morgan fingerprint density at radius 1 is 0.477 bits per heavy atom. The summed E-state index contributed by atoms with van der Waals surface area (Å²) in [7, 11) is 0. The van der Waals surface area contributed by atoms with Gasteiger partial charge in [0.05, 0.1) is 0 Å². The molecule has 1 aliphatic heterocycles. The van der Waals surface area contributed by atoms with Crippen LogP contribution in [0.25, 0.3) is 56.0 Å². The first-order valence-corrected chi connectivity index (χ1v) is 22.8. The highest BCUT2D eigenvalue weighted by Crippen LogP contribution is 2.51. The molecular weight excluding hydrogens is 785 g/mol. The van der Waals surface area contributed by atoms with Crippen molar-refractivity contribution in [3.05, 3.63) is 251 Å². The molecular formula is C63H48N2. The maximum atomic E-state index is 2.42. The Kier molecular flexibility index (Phi) is 9.17. The molecule has 0 amide bonds. The molecule has 2 aliphatic rings. The van der Waals surface area contributed by atoms with Gasteiger partial charge in [-0.1, -0.05) is 178 Å². The topological polar surface area (TPSA) is 6.48 Å². The van der Waals surface area contributed by atoms with Gasteiger partial charge in [0.2, 0.25) is 0 Å². The lowest BCUT2D eigenvalue weighted by atomic mass is 9.81. The van der Waals surface area contributed by atoms with E-state index < -0.39 is 0 Å². The van der Waals surface area contributed by atoms with Crippen molar-refractivity contribution in [3.63, 3.8) is 0 Å². The number of benzene rings is 10. The molecule has 1 aliphatic carbocycles. The molecule has 10 aromatic rings. The second-order valence-corrected chi connectivity index (χ2v) is 18.2. The summed E-state index contributed by atoms with van der Waals surface area (Å²) in [6, 6.07) is 78.3. The smallest absolute Gasteiger partial charge is 0.0497 e. The molecule has 0 radical (unpaired) electrons. The van der Waals surface area contributed by atoms with Gasteiger partial charge >= 0.3 is 0 Å². The van der Waals surface area contributed by atoms with Crippen LogP contribution < -0.4 is 9.80 Å². The minimum absolute atomic E-state index is 0.168. The van der Waals surface area contributed by atoms with Crippen LogP contribution in [0.3, 0.4) is 0 Å². The lowest BCUT2D eigenvalue weighted by Gasteiger charge is -2.33. The fraction of sp³-hybridized carbons (Fsp3) is 0.0794. The molecule has 10 aromatic carbocycles. The van der Waals surface area contributed by atoms with Gasteiger partial charge in [0.1, 0.15) is 0 Å². The Morgan fingerprint density at radius 2 is 1.11 bits per heavy atom. The van der Waals surface area contributed by atoms with Crippen molar-refractivity contribution in [2.24, 2.45) is 0 Å². The van der Waals surface area contributed by atoms with Crippen molar-refractivity contribution in [1.29, 1.82) is 0 Å². The number of fused-ring (bicyclic) bond motifs is 7. The molecule has 0 spiro atoms. The summed E-state index contributed by atoms with van der Waals surface area (Å²) in [5.74, 6) is 0. The highest BCUT2D eigenvalue weighted by atomic mass is 15.2. The minimum atomic E-state index is -0.168. The zero-order chi connectivity index (χ0) is 43.6. The second kappa shape index (κ2) is 15.4. The van der Waals surface area contributed by atoms with Crippen LogP contribution in [0.15, 0.2) is 212 Å². The SMILES string of the molecule is Cc1ccccc1N(c1ccccc1)c1ccc2c(c1)C(C)(C)c1cc(/C=C/c3ccc(-c4ccc5cc(N6c7ccccc7Cc7ccccc76)ccc5c4)c4ccccc34)ccc1-2. The number of hydrogen-bond donors (Lipinski definition) is 0. The Hall–Kier alpha value is -7.94. The van der Waals surface area contributed by atoms with Crippen molar-refractivity contribution >= 4 is 67.8 Å². The molecule has 0 atom stereocenters. The molecule has 2 heteroatoms. The summed E-state index contributed by atoms with van der Waals surface area (Å²) >= 11 is 0. The number of hydrogen-bond acceptors (Lipinski definition) is 2. The van der Waals surface area contributed by atoms with Gasteiger partial charge in [-0.05, 0) is 150 Å². The summed E-state index contributed by atoms with van der Waals surface area (Å²) < 4.78 is 0. The maximum absolute atomic E-state index is 2.42. The van der Waals surface area contributed by atoms with Gasteiger partial charge in [-0.3, -0.25) is 0 Å². The number of para-hydroxylation sites is 4. The van der Waals surface area contributed by atoms with Gasteiger partial charge in [0, 0.05) is 46.0 Å². The van der Waals surface area contributed by atoms with E-state index in [1.165, 1.54) is 111 Å². The fourth-order valence-corrected chi connectivity index (χ4v) is 10.6. The first kappa shape index (κ1) is 38.7. The standard InChI is InChI=1S/C63H48N2/c1-42-15-7-12-22-60(42)64(50-18-5-4-6-19-50)52-33-36-57-56-34-26-43(37-58(56)63(2,3)59(57)41-52)25-27-44-31-35-54(55-21-11-10-20-53(44)55)47-29-28-46-40-51(32-30-45(46)38-47)65-61-23-13-8-16-48(61)39-49-17-9-14-24-62(49)65/h4-38,40-41H,39H2,1-3H3/b27-25+. The average molecular weight is 833 g/mol. The molecule has 0 aromatic heterocycles. The van der Waals surface area contributed by atoms with Crippen LogP contribution in [0.2, 0.25) is 0 Å². The van der Waals surface area contributed by atoms with E-state index in [9.17, 15) is 0 Å². The summed E-state index contributed by atoms with van der Waals surface area (Å²) in [5.41, 5.74) is 21.2. The van der Waals surface area contributed by atoms with Gasteiger partial charge < -0.3 is 9.80 Å². The monoisotopic (exact) mass is 832 g/mol. The van der Waals surface area contributed by atoms with E-state index in [0.29, 0.717) is 0 Å². The van der Waals surface area contributed by atoms with Crippen molar-refractivity contribution < 1.29 is 0 Å². The van der Waals surface area contributed by atoms with Crippen molar-refractivity contribution in [2.75, 3.05) is 9.80 Å². The van der Waals surface area contributed by atoms with Crippen LogP contribution in [0, 0.1) is 6.92 Å². The van der Waals surface area contributed by atoms with Gasteiger partial charge in [0.25, 0.3) is 0 Å². The van der Waals surface area contributed by atoms with E-state index in [4.69, 9.17) is 0 Å². The van der Waals surface area contributed by atoms with Crippen molar-refractivity contribution in [2.45, 2.75) is 32.6 Å². The van der Waals surface area contributed by atoms with Crippen LogP contribution in [-0.2, 0) is 11.8 Å². The van der Waals surface area contributed by atoms with E-state index in [2.05, 4.69) is 255 Å². The molecule has 0 saturated heterocycles. The molecule has 0 saturated carbocycles. The van der Waals surface area contributed by atoms with Crippen LogP contribution in [0.5, 0.6) is 0 Å². The van der Waals surface area contributed by atoms with Gasteiger partial charge in [-0.25, -0.2) is 0 Å². The summed E-state index contributed by atoms with van der Waals surface area (Å²) in [6.45, 7) is 6.94. The van der Waals surface area contributed by atoms with E-state index >= 15 is 0 Å². The number of rotatable bonds is 7. The molecule has 310 valence electrons. The predicted octanol–water partition coefficient (Wildman–Crippen LogP) is 17.3. The van der Waals surface area contributed by atoms with E-state index in [1.807, 2.05) is 0 Å². The highest BCUT2D eigenvalue weighted by Gasteiger charge is 2.36. The minimum Gasteiger partial charge on any atom is -0.310 e. The lowest BCUT2D eigenvalue weighted by Crippen LogP contribution is -2.18. The van der Waals surface area contributed by atoms with Crippen molar-refractivity contribution in [3.8, 4) is 22.3 Å². The van der Waals surface area contributed by atoms with E-state index in [-0.39, 0.29) is 5.41 Å². The van der Waals surface area contributed by atoms with Crippen LogP contribution in [0.4, 0.5) is 34.1 Å². The summed E-state index contributed by atoms with van der Waals surface area (Å²) in [5, 5.41) is 4.96. The van der Waals surface area contributed by atoms with E-state index in [0.717, 1.165) is 12.1 Å². The quantitative estimate of drug-likeness (QED) is 0.148. The van der Waals surface area contributed by atoms with E-state index in [1.54, 1.807) is 0 Å². The van der Waals surface area contributed by atoms with Gasteiger partial charge in [-0.15, -0.1) is 0 Å².